The average Bonchev–Trinajstić information content (AvgIpc) is 2.61. The van der Waals surface area contributed by atoms with Crippen LogP contribution >= 0.6 is 0 Å². The summed E-state index contributed by atoms with van der Waals surface area (Å²) in [5, 5.41) is 0. The van der Waals surface area contributed by atoms with Gasteiger partial charge in [-0.25, -0.2) is 0 Å². The number of hydrogen-bond acceptors (Lipinski definition) is 1. The third-order valence-corrected chi connectivity index (χ3v) is 4.11. The third kappa shape index (κ3) is 3.29. The summed E-state index contributed by atoms with van der Waals surface area (Å²) >= 11 is 0. The molecule has 0 saturated heterocycles. The maximum Gasteiger partial charge on any atom is 0.199 e. The fourth-order valence-electron chi connectivity index (χ4n) is 2.83. The Morgan fingerprint density at radius 1 is 0.708 bits per heavy atom. The minimum atomic E-state index is 0.0678. The van der Waals surface area contributed by atoms with Crippen molar-refractivity contribution < 1.29 is 4.79 Å². The minimum Gasteiger partial charge on any atom is -0.298 e. The number of ketones is 1. The van der Waals surface area contributed by atoms with Gasteiger partial charge >= 0.3 is 0 Å². The molecule has 3 aromatic rings. The van der Waals surface area contributed by atoms with Crippen LogP contribution < -0.4 is 4.48 Å². The first kappa shape index (κ1) is 16.2. The summed E-state index contributed by atoms with van der Waals surface area (Å²) in [6.45, 7) is 0. The van der Waals surface area contributed by atoms with E-state index in [-0.39, 0.29) is 5.78 Å². The molecule has 0 aliphatic carbocycles. The molecule has 3 aromatic carbocycles. The molecule has 0 aromatic heterocycles. The number of carbonyl (C=O) groups excluding carboxylic acids is 1. The highest BCUT2D eigenvalue weighted by Crippen LogP contribution is 2.31. The lowest BCUT2D eigenvalue weighted by Gasteiger charge is -2.26. The van der Waals surface area contributed by atoms with Gasteiger partial charge in [-0.2, -0.15) is 0 Å². The van der Waals surface area contributed by atoms with Crippen molar-refractivity contribution in [3.63, 3.8) is 0 Å². The van der Waals surface area contributed by atoms with Crippen LogP contribution in [0.25, 0.3) is 11.1 Å². The van der Waals surface area contributed by atoms with E-state index in [1.165, 1.54) is 0 Å². The molecule has 0 saturated carbocycles. The van der Waals surface area contributed by atoms with Gasteiger partial charge in [-0.15, -0.1) is 0 Å². The molecule has 0 atom stereocenters. The van der Waals surface area contributed by atoms with Gasteiger partial charge in [0.15, 0.2) is 5.78 Å². The van der Waals surface area contributed by atoms with Crippen LogP contribution in [0, 0.1) is 0 Å². The highest BCUT2D eigenvalue weighted by molar-refractivity contribution is 6.12. The summed E-state index contributed by atoms with van der Waals surface area (Å²) in [7, 11) is 6.27. The number of quaternary nitrogens is 1. The maximum absolute atomic E-state index is 13.0. The monoisotopic (exact) mass is 316 g/mol. The molecule has 0 radical (unpaired) electrons. The van der Waals surface area contributed by atoms with Crippen molar-refractivity contribution in [2.75, 3.05) is 21.1 Å². The Hall–Kier alpha value is -2.71. The highest BCUT2D eigenvalue weighted by atomic mass is 16.1. The molecule has 2 nitrogen and oxygen atoms in total. The van der Waals surface area contributed by atoms with Crippen LogP contribution in [0.3, 0.4) is 0 Å². The number of nitrogens with zero attached hydrogens (tertiary/aromatic N) is 1. The lowest BCUT2D eigenvalue weighted by Crippen LogP contribution is -2.36. The van der Waals surface area contributed by atoms with Gasteiger partial charge < -0.3 is 0 Å². The molecule has 120 valence electrons. The summed E-state index contributed by atoms with van der Waals surface area (Å²) in [4.78, 5) is 13.0. The lowest BCUT2D eigenvalue weighted by atomic mass is 9.96. The van der Waals surface area contributed by atoms with E-state index in [1.807, 2.05) is 60.7 Å². The van der Waals surface area contributed by atoms with E-state index in [4.69, 9.17) is 0 Å². The van der Waals surface area contributed by atoms with Gasteiger partial charge in [-0.05, 0) is 17.2 Å². The Labute approximate surface area is 143 Å². The van der Waals surface area contributed by atoms with Crippen LogP contribution in [0.2, 0.25) is 0 Å². The topological polar surface area (TPSA) is 17.1 Å². The summed E-state index contributed by atoms with van der Waals surface area (Å²) < 4.78 is 0.592. The molecule has 0 unspecified atom stereocenters. The van der Waals surface area contributed by atoms with Crippen molar-refractivity contribution in [1.29, 1.82) is 0 Å². The van der Waals surface area contributed by atoms with Crippen LogP contribution in [0.5, 0.6) is 0 Å². The van der Waals surface area contributed by atoms with Crippen molar-refractivity contribution in [1.82, 2.24) is 4.48 Å². The Bertz CT molecular complexity index is 846. The van der Waals surface area contributed by atoms with Crippen molar-refractivity contribution >= 4 is 11.5 Å². The summed E-state index contributed by atoms with van der Waals surface area (Å²) in [6, 6.07) is 25.8. The SMILES string of the molecule is C[N+](C)(C)c1cc(-c2ccccc2)ccc1C(=O)c1ccccc1. The zero-order valence-electron chi connectivity index (χ0n) is 14.4. The third-order valence-electron chi connectivity index (χ3n) is 4.11. The number of benzene rings is 3. The van der Waals surface area contributed by atoms with E-state index in [1.54, 1.807) is 0 Å². The first-order chi connectivity index (χ1) is 11.5. The Morgan fingerprint density at radius 3 is 1.88 bits per heavy atom. The standard InChI is InChI=1S/C22H22NO/c1-23(2,3)21-16-19(17-10-6-4-7-11-17)14-15-20(21)22(24)18-12-8-5-9-13-18/h4-16H,1-3H3/q+1. The van der Waals surface area contributed by atoms with E-state index in [0.717, 1.165) is 27.9 Å². The summed E-state index contributed by atoms with van der Waals surface area (Å²) in [5.41, 5.74) is 4.78. The second-order valence-electron chi connectivity index (χ2n) is 6.81. The number of rotatable bonds is 4. The van der Waals surface area contributed by atoms with E-state index in [2.05, 4.69) is 39.3 Å². The van der Waals surface area contributed by atoms with Gasteiger partial charge in [0.1, 0.15) is 5.69 Å². The van der Waals surface area contributed by atoms with E-state index in [9.17, 15) is 4.79 Å². The molecular formula is C22H22NO+. The van der Waals surface area contributed by atoms with Gasteiger partial charge in [0.25, 0.3) is 0 Å². The summed E-state index contributed by atoms with van der Waals surface area (Å²) in [5.74, 6) is 0.0678. The quantitative estimate of drug-likeness (QED) is 0.500. The molecule has 0 aliphatic heterocycles. The van der Waals surface area contributed by atoms with Gasteiger partial charge in [0, 0.05) is 11.6 Å². The first-order valence-electron chi connectivity index (χ1n) is 8.08. The smallest absolute Gasteiger partial charge is 0.199 e. The Balaban J connectivity index is 2.12. The second kappa shape index (κ2) is 6.42. The lowest BCUT2D eigenvalue weighted by molar-refractivity contribution is 0.103. The zero-order valence-corrected chi connectivity index (χ0v) is 14.4. The van der Waals surface area contributed by atoms with Crippen molar-refractivity contribution in [3.05, 3.63) is 90.0 Å². The van der Waals surface area contributed by atoms with E-state index >= 15 is 0 Å². The molecule has 0 aliphatic rings. The van der Waals surface area contributed by atoms with Gasteiger partial charge in [0.05, 0.1) is 26.7 Å². The zero-order chi connectivity index (χ0) is 17.2. The number of carbonyl (C=O) groups is 1. The predicted molar refractivity (Wildman–Crippen MR) is 101 cm³/mol. The molecule has 0 N–H and O–H groups in total. The van der Waals surface area contributed by atoms with Gasteiger partial charge in [-0.1, -0.05) is 66.7 Å². The predicted octanol–water partition coefficient (Wildman–Crippen LogP) is 4.78. The van der Waals surface area contributed by atoms with Crippen molar-refractivity contribution in [2.24, 2.45) is 0 Å². The minimum absolute atomic E-state index is 0.0678. The molecule has 0 fully saturated rings. The molecule has 3 rings (SSSR count). The normalized spacial score (nSPS) is 11.3. The van der Waals surface area contributed by atoms with E-state index < -0.39 is 0 Å². The molecule has 0 spiro atoms. The fourth-order valence-corrected chi connectivity index (χ4v) is 2.83. The molecule has 24 heavy (non-hydrogen) atoms. The van der Waals surface area contributed by atoms with Crippen LogP contribution in [-0.2, 0) is 0 Å². The maximum atomic E-state index is 13.0. The average molecular weight is 316 g/mol. The molecular weight excluding hydrogens is 294 g/mol. The second-order valence-corrected chi connectivity index (χ2v) is 6.81. The molecule has 2 heteroatoms. The molecule has 0 amide bonds. The van der Waals surface area contributed by atoms with Crippen LogP contribution in [0.1, 0.15) is 15.9 Å². The Morgan fingerprint density at radius 2 is 1.29 bits per heavy atom. The number of hydrogen-bond donors (Lipinski definition) is 0. The van der Waals surface area contributed by atoms with Gasteiger partial charge in [-0.3, -0.25) is 9.28 Å². The molecule has 0 bridgehead atoms. The van der Waals surface area contributed by atoms with E-state index in [0.29, 0.717) is 4.48 Å². The first-order valence-corrected chi connectivity index (χ1v) is 8.08. The van der Waals surface area contributed by atoms with Crippen molar-refractivity contribution in [2.45, 2.75) is 0 Å². The van der Waals surface area contributed by atoms with Crippen LogP contribution in [0.15, 0.2) is 78.9 Å². The van der Waals surface area contributed by atoms with Crippen molar-refractivity contribution in [3.8, 4) is 11.1 Å². The van der Waals surface area contributed by atoms with Gasteiger partial charge in [0.2, 0.25) is 0 Å². The summed E-state index contributed by atoms with van der Waals surface area (Å²) in [6.07, 6.45) is 0. The fraction of sp³-hybridized carbons (Fsp3) is 0.136. The van der Waals surface area contributed by atoms with Crippen LogP contribution in [-0.4, -0.2) is 26.9 Å². The highest BCUT2D eigenvalue weighted by Gasteiger charge is 2.23. The molecule has 0 heterocycles. The Kier molecular flexibility index (Phi) is 4.32. The van der Waals surface area contributed by atoms with Crippen LogP contribution in [0.4, 0.5) is 5.69 Å². The largest absolute Gasteiger partial charge is 0.298 e.